The molecule has 2 N–H and O–H groups in total. The van der Waals surface area contributed by atoms with E-state index in [-0.39, 0.29) is 12.2 Å². The predicted molar refractivity (Wildman–Crippen MR) is 58.4 cm³/mol. The molecule has 1 aromatic carbocycles. The topological polar surface area (TPSA) is 43.1 Å². The van der Waals surface area contributed by atoms with Crippen LogP contribution in [0.3, 0.4) is 0 Å². The van der Waals surface area contributed by atoms with E-state index < -0.39 is 11.7 Å². The first-order valence-corrected chi connectivity index (χ1v) is 5.31. The minimum atomic E-state index is -4.36. The average molecular weight is 245 g/mol. The lowest BCUT2D eigenvalue weighted by Gasteiger charge is -2.08. The number of rotatable bonds is 5. The Kier molecular flexibility index (Phi) is 4.69. The summed E-state index contributed by atoms with van der Waals surface area (Å²) in [5.74, 6) is -0.0882. The second kappa shape index (κ2) is 5.82. The molecule has 0 aliphatic carbocycles. The van der Waals surface area contributed by atoms with Gasteiger partial charge in [0.15, 0.2) is 0 Å². The van der Waals surface area contributed by atoms with E-state index >= 15 is 0 Å². The number of carbonyl (C=O) groups is 1. The Morgan fingerprint density at radius 3 is 2.59 bits per heavy atom. The van der Waals surface area contributed by atoms with Crippen molar-refractivity contribution in [1.82, 2.24) is 0 Å². The van der Waals surface area contributed by atoms with E-state index in [9.17, 15) is 18.0 Å². The van der Waals surface area contributed by atoms with Crippen molar-refractivity contribution in [2.24, 2.45) is 5.73 Å². The van der Waals surface area contributed by atoms with Crippen LogP contribution < -0.4 is 5.73 Å². The van der Waals surface area contributed by atoms with Crippen molar-refractivity contribution in [3.8, 4) is 0 Å². The van der Waals surface area contributed by atoms with Crippen LogP contribution >= 0.6 is 0 Å². The van der Waals surface area contributed by atoms with Gasteiger partial charge in [-0.25, -0.2) is 0 Å². The third-order valence-corrected chi connectivity index (χ3v) is 2.32. The van der Waals surface area contributed by atoms with E-state index in [4.69, 9.17) is 5.73 Å². The Labute approximate surface area is 97.6 Å². The maximum atomic E-state index is 12.4. The van der Waals surface area contributed by atoms with Gasteiger partial charge in [-0.3, -0.25) is 4.79 Å². The van der Waals surface area contributed by atoms with Crippen LogP contribution in [0.5, 0.6) is 0 Å². The number of ketones is 1. The Bertz CT molecular complexity index is 388. The number of alkyl halides is 3. The maximum Gasteiger partial charge on any atom is 0.416 e. The molecule has 0 fully saturated rings. The quantitative estimate of drug-likeness (QED) is 0.866. The number of hydrogen-bond acceptors (Lipinski definition) is 2. The fraction of sp³-hybridized carbons (Fsp3) is 0.417. The number of hydrogen-bond donors (Lipinski definition) is 1. The van der Waals surface area contributed by atoms with Gasteiger partial charge in [0.05, 0.1) is 5.56 Å². The lowest BCUT2D eigenvalue weighted by Crippen LogP contribution is -2.09. The van der Waals surface area contributed by atoms with Crippen molar-refractivity contribution in [3.05, 3.63) is 35.4 Å². The van der Waals surface area contributed by atoms with Crippen molar-refractivity contribution in [2.45, 2.75) is 25.4 Å². The van der Waals surface area contributed by atoms with Crippen LogP contribution in [-0.4, -0.2) is 12.3 Å². The molecule has 1 rings (SSSR count). The molecule has 0 aromatic heterocycles. The predicted octanol–water partition coefficient (Wildman–Crippen LogP) is 2.56. The summed E-state index contributed by atoms with van der Waals surface area (Å²) in [6.07, 6.45) is -3.45. The molecule has 0 aliphatic rings. The molecule has 0 unspecified atom stereocenters. The molecule has 0 saturated heterocycles. The molecule has 94 valence electrons. The van der Waals surface area contributed by atoms with Gasteiger partial charge >= 0.3 is 6.18 Å². The summed E-state index contributed by atoms with van der Waals surface area (Å²) in [7, 11) is 0. The van der Waals surface area contributed by atoms with Gasteiger partial charge in [-0.1, -0.05) is 18.2 Å². The third kappa shape index (κ3) is 4.56. The molecular weight excluding hydrogens is 231 g/mol. The van der Waals surface area contributed by atoms with Gasteiger partial charge in [0.25, 0.3) is 0 Å². The molecule has 0 bridgehead atoms. The zero-order valence-electron chi connectivity index (χ0n) is 9.26. The molecule has 0 saturated carbocycles. The van der Waals surface area contributed by atoms with E-state index in [0.29, 0.717) is 24.9 Å². The Balaban J connectivity index is 2.69. The number of Topliss-reactive ketones (excluding diaryl/α,β-unsaturated/α-hetero) is 1. The number of carbonyl (C=O) groups excluding carboxylic acids is 1. The SMILES string of the molecule is NCCCC(=O)Cc1cccc(C(F)(F)F)c1. The first kappa shape index (κ1) is 13.7. The van der Waals surface area contributed by atoms with Gasteiger partial charge in [-0.2, -0.15) is 13.2 Å². The van der Waals surface area contributed by atoms with Gasteiger partial charge < -0.3 is 5.73 Å². The fourth-order valence-electron chi connectivity index (χ4n) is 1.47. The van der Waals surface area contributed by atoms with Crippen LogP contribution in [0.15, 0.2) is 24.3 Å². The highest BCUT2D eigenvalue weighted by molar-refractivity contribution is 5.80. The fourth-order valence-corrected chi connectivity index (χ4v) is 1.47. The Hall–Kier alpha value is -1.36. The summed E-state index contributed by atoms with van der Waals surface area (Å²) >= 11 is 0. The van der Waals surface area contributed by atoms with Crippen LogP contribution in [0.1, 0.15) is 24.0 Å². The number of benzene rings is 1. The van der Waals surface area contributed by atoms with Crippen molar-refractivity contribution in [2.75, 3.05) is 6.54 Å². The largest absolute Gasteiger partial charge is 0.416 e. The standard InChI is InChI=1S/C12H14F3NO/c13-12(14,15)10-4-1-3-9(7-10)8-11(17)5-2-6-16/h1,3-4,7H,2,5-6,8,16H2. The second-order valence-electron chi connectivity index (χ2n) is 3.81. The molecule has 0 radical (unpaired) electrons. The Morgan fingerprint density at radius 2 is 2.00 bits per heavy atom. The highest BCUT2D eigenvalue weighted by Gasteiger charge is 2.30. The van der Waals surface area contributed by atoms with E-state index in [1.807, 2.05) is 0 Å². The second-order valence-corrected chi connectivity index (χ2v) is 3.81. The summed E-state index contributed by atoms with van der Waals surface area (Å²) in [5.41, 5.74) is 4.92. The van der Waals surface area contributed by atoms with Crippen LogP contribution in [0.2, 0.25) is 0 Å². The molecule has 17 heavy (non-hydrogen) atoms. The van der Waals surface area contributed by atoms with Gasteiger partial charge in [0.2, 0.25) is 0 Å². The summed E-state index contributed by atoms with van der Waals surface area (Å²) in [4.78, 5) is 11.4. The van der Waals surface area contributed by atoms with Crippen LogP contribution in [-0.2, 0) is 17.4 Å². The minimum Gasteiger partial charge on any atom is -0.330 e. The molecule has 0 amide bonds. The summed E-state index contributed by atoms with van der Waals surface area (Å²) in [5, 5.41) is 0. The van der Waals surface area contributed by atoms with Crippen molar-refractivity contribution < 1.29 is 18.0 Å². The maximum absolute atomic E-state index is 12.4. The van der Waals surface area contributed by atoms with E-state index in [1.54, 1.807) is 0 Å². The molecule has 5 heteroatoms. The number of halogens is 3. The van der Waals surface area contributed by atoms with E-state index in [1.165, 1.54) is 12.1 Å². The van der Waals surface area contributed by atoms with Gasteiger partial charge in [-0.05, 0) is 24.6 Å². The van der Waals surface area contributed by atoms with Gasteiger partial charge in [0, 0.05) is 12.8 Å². The molecule has 0 atom stereocenters. The Morgan fingerprint density at radius 1 is 1.29 bits per heavy atom. The normalized spacial score (nSPS) is 11.5. The molecule has 0 aliphatic heterocycles. The molecule has 0 heterocycles. The molecule has 2 nitrogen and oxygen atoms in total. The van der Waals surface area contributed by atoms with E-state index in [2.05, 4.69) is 0 Å². The minimum absolute atomic E-state index is 0.0317. The summed E-state index contributed by atoms with van der Waals surface area (Å²) in [6, 6.07) is 4.85. The van der Waals surface area contributed by atoms with E-state index in [0.717, 1.165) is 12.1 Å². The zero-order chi connectivity index (χ0) is 12.9. The van der Waals surface area contributed by atoms with Gasteiger partial charge in [0.1, 0.15) is 5.78 Å². The van der Waals surface area contributed by atoms with Crippen LogP contribution in [0.4, 0.5) is 13.2 Å². The molecular formula is C12H14F3NO. The lowest BCUT2D eigenvalue weighted by molar-refractivity contribution is -0.137. The van der Waals surface area contributed by atoms with Crippen molar-refractivity contribution in [1.29, 1.82) is 0 Å². The number of nitrogens with two attached hydrogens (primary N) is 1. The lowest BCUT2D eigenvalue weighted by atomic mass is 10.0. The average Bonchev–Trinajstić information content (AvgIpc) is 2.25. The first-order valence-electron chi connectivity index (χ1n) is 5.31. The monoisotopic (exact) mass is 245 g/mol. The third-order valence-electron chi connectivity index (χ3n) is 2.32. The highest BCUT2D eigenvalue weighted by atomic mass is 19.4. The summed E-state index contributed by atoms with van der Waals surface area (Å²) in [6.45, 7) is 0.411. The van der Waals surface area contributed by atoms with Crippen LogP contribution in [0.25, 0.3) is 0 Å². The van der Waals surface area contributed by atoms with Crippen LogP contribution in [0, 0.1) is 0 Å². The summed E-state index contributed by atoms with van der Waals surface area (Å²) < 4.78 is 37.2. The smallest absolute Gasteiger partial charge is 0.330 e. The molecule has 0 spiro atoms. The zero-order valence-corrected chi connectivity index (χ0v) is 9.26. The van der Waals surface area contributed by atoms with Crippen molar-refractivity contribution in [3.63, 3.8) is 0 Å². The van der Waals surface area contributed by atoms with Crippen molar-refractivity contribution >= 4 is 5.78 Å². The molecule has 1 aromatic rings. The first-order chi connectivity index (χ1) is 7.93. The highest BCUT2D eigenvalue weighted by Crippen LogP contribution is 2.29. The van der Waals surface area contributed by atoms with Gasteiger partial charge in [-0.15, -0.1) is 0 Å².